The molecule has 7 aromatic rings. The molecule has 212 valence electrons. The van der Waals surface area contributed by atoms with Crippen LogP contribution in [0.2, 0.25) is 0 Å². The highest BCUT2D eigenvalue weighted by Crippen LogP contribution is 2.59. The number of nitrogens with zero attached hydrogens (tertiary/aromatic N) is 2. The molecule has 4 heterocycles. The van der Waals surface area contributed by atoms with E-state index >= 15 is 0 Å². The van der Waals surface area contributed by atoms with Crippen LogP contribution in [-0.2, 0) is 5.54 Å². The molecule has 10 rings (SSSR count). The van der Waals surface area contributed by atoms with Gasteiger partial charge < -0.3 is 14.2 Å². The number of benzene rings is 6. The van der Waals surface area contributed by atoms with E-state index in [1.54, 1.807) is 0 Å². The molecule has 0 radical (unpaired) electrons. The molecule has 2 unspecified atom stereocenters. The summed E-state index contributed by atoms with van der Waals surface area (Å²) in [7, 11) is 0. The van der Waals surface area contributed by atoms with Crippen molar-refractivity contribution in [1.29, 1.82) is 0 Å². The van der Waals surface area contributed by atoms with Gasteiger partial charge in [0.25, 0.3) is 6.71 Å². The summed E-state index contributed by atoms with van der Waals surface area (Å²) >= 11 is 0. The van der Waals surface area contributed by atoms with Crippen molar-refractivity contribution in [3.05, 3.63) is 168 Å². The van der Waals surface area contributed by atoms with Gasteiger partial charge in [-0.15, -0.1) is 0 Å². The van der Waals surface area contributed by atoms with Crippen molar-refractivity contribution >= 4 is 45.4 Å². The molecule has 0 bridgehead atoms. The first-order chi connectivity index (χ1) is 22.2. The van der Waals surface area contributed by atoms with Crippen molar-refractivity contribution in [2.24, 2.45) is 0 Å². The third-order valence-electron chi connectivity index (χ3n) is 10.4. The second-order valence-corrected chi connectivity index (χ2v) is 12.7. The molecule has 4 heteroatoms. The van der Waals surface area contributed by atoms with Crippen LogP contribution < -0.4 is 26.0 Å². The Bertz CT molecular complexity index is 2290. The fourth-order valence-corrected chi connectivity index (χ4v) is 8.57. The Kier molecular flexibility index (Phi) is 5.00. The van der Waals surface area contributed by atoms with Crippen molar-refractivity contribution in [3.63, 3.8) is 0 Å². The van der Waals surface area contributed by atoms with Crippen LogP contribution in [-0.4, -0.2) is 11.3 Å². The van der Waals surface area contributed by atoms with Gasteiger partial charge in [-0.1, -0.05) is 115 Å². The molecule has 0 spiro atoms. The molecule has 1 aromatic heterocycles. The number of para-hydroxylation sites is 3. The van der Waals surface area contributed by atoms with Crippen LogP contribution in [0.15, 0.2) is 152 Å². The van der Waals surface area contributed by atoms with Crippen LogP contribution in [0.3, 0.4) is 0 Å². The van der Waals surface area contributed by atoms with Crippen molar-refractivity contribution in [3.8, 4) is 17.2 Å². The number of hydrogen-bond acceptors (Lipinski definition) is 2. The number of hydrogen-bond donors (Lipinski definition) is 0. The summed E-state index contributed by atoms with van der Waals surface area (Å²) in [6.45, 7) is 2.52. The lowest BCUT2D eigenvalue weighted by molar-refractivity contribution is 0.453. The van der Waals surface area contributed by atoms with Crippen molar-refractivity contribution in [2.45, 2.75) is 18.4 Å². The van der Waals surface area contributed by atoms with Gasteiger partial charge in [0.05, 0.1) is 16.7 Å². The molecule has 0 aliphatic carbocycles. The van der Waals surface area contributed by atoms with Crippen LogP contribution in [0.1, 0.15) is 29.5 Å². The topological polar surface area (TPSA) is 17.4 Å². The summed E-state index contributed by atoms with van der Waals surface area (Å²) in [6, 6.07) is 53.1. The Morgan fingerprint density at radius 2 is 1.40 bits per heavy atom. The zero-order valence-electron chi connectivity index (χ0n) is 24.9. The van der Waals surface area contributed by atoms with Gasteiger partial charge in [0.1, 0.15) is 11.5 Å². The van der Waals surface area contributed by atoms with Gasteiger partial charge >= 0.3 is 0 Å². The molecule has 0 saturated heterocycles. The first-order valence-electron chi connectivity index (χ1n) is 15.8. The SMILES string of the molecule is CC1(c2ccccc2)C(c2ccccc2)c2cccc3c2N1c1cc(-n2ccc4ccccc42)cc2c1B3c1ccccc1O2. The van der Waals surface area contributed by atoms with Gasteiger partial charge in [0, 0.05) is 29.6 Å². The standard InChI is InChI=1S/C41H29BN2O/c1-41(29-16-6-3-7-17-29)38(28-14-4-2-5-15-28)31-18-12-20-33-40(31)44(41)35-25-30(43-24-23-27-13-8-10-21-34(27)43)26-37-39(35)42(33)32-19-9-11-22-36(32)45-37/h2-26,38H,1H3. The van der Waals surface area contributed by atoms with E-state index < -0.39 is 5.54 Å². The Morgan fingerprint density at radius 1 is 0.667 bits per heavy atom. The number of anilines is 2. The van der Waals surface area contributed by atoms with Gasteiger partial charge in [-0.3, -0.25) is 0 Å². The lowest BCUT2D eigenvalue weighted by Gasteiger charge is -2.47. The summed E-state index contributed by atoms with van der Waals surface area (Å²) < 4.78 is 9.15. The molecule has 3 aliphatic rings. The zero-order valence-corrected chi connectivity index (χ0v) is 24.9. The van der Waals surface area contributed by atoms with E-state index in [4.69, 9.17) is 4.74 Å². The van der Waals surface area contributed by atoms with Crippen LogP contribution in [0.4, 0.5) is 11.4 Å². The third-order valence-corrected chi connectivity index (χ3v) is 10.4. The second-order valence-electron chi connectivity index (χ2n) is 12.7. The van der Waals surface area contributed by atoms with Crippen LogP contribution in [0, 0.1) is 0 Å². The summed E-state index contributed by atoms with van der Waals surface area (Å²) in [5.41, 5.74) is 12.2. The molecule has 6 aromatic carbocycles. The van der Waals surface area contributed by atoms with Crippen LogP contribution >= 0.6 is 0 Å². The van der Waals surface area contributed by atoms with Gasteiger partial charge in [-0.05, 0) is 69.7 Å². The molecule has 0 N–H and O–H groups in total. The predicted octanol–water partition coefficient (Wildman–Crippen LogP) is 7.76. The van der Waals surface area contributed by atoms with E-state index in [0.717, 1.165) is 17.2 Å². The van der Waals surface area contributed by atoms with E-state index in [9.17, 15) is 0 Å². The average molecular weight is 577 g/mol. The van der Waals surface area contributed by atoms with Crippen LogP contribution in [0.25, 0.3) is 16.6 Å². The molecule has 2 atom stereocenters. The number of rotatable bonds is 3. The van der Waals surface area contributed by atoms with E-state index in [1.165, 1.54) is 55.4 Å². The molecule has 0 fully saturated rings. The Morgan fingerprint density at radius 3 is 2.27 bits per heavy atom. The highest BCUT2D eigenvalue weighted by molar-refractivity contribution is 6.99. The smallest absolute Gasteiger partial charge is 0.256 e. The molecule has 0 amide bonds. The van der Waals surface area contributed by atoms with Gasteiger partial charge in [0.15, 0.2) is 0 Å². The largest absolute Gasteiger partial charge is 0.458 e. The van der Waals surface area contributed by atoms with Gasteiger partial charge in [-0.2, -0.15) is 0 Å². The van der Waals surface area contributed by atoms with Crippen molar-refractivity contribution in [2.75, 3.05) is 4.90 Å². The molecule has 3 aliphatic heterocycles. The van der Waals surface area contributed by atoms with Crippen molar-refractivity contribution < 1.29 is 4.74 Å². The maximum atomic E-state index is 6.85. The molecular weight excluding hydrogens is 547 g/mol. The second kappa shape index (κ2) is 9.03. The summed E-state index contributed by atoms with van der Waals surface area (Å²) in [4.78, 5) is 2.66. The number of ether oxygens (including phenoxy) is 1. The summed E-state index contributed by atoms with van der Waals surface area (Å²) in [5.74, 6) is 1.99. The first kappa shape index (κ1) is 24.9. The number of aromatic nitrogens is 1. The quantitative estimate of drug-likeness (QED) is 0.200. The van der Waals surface area contributed by atoms with Gasteiger partial charge in [-0.25, -0.2) is 0 Å². The maximum Gasteiger partial charge on any atom is 0.256 e. The fraction of sp³-hybridized carbons (Fsp3) is 0.0732. The lowest BCUT2D eigenvalue weighted by atomic mass is 9.34. The number of fused-ring (bicyclic) bond motifs is 5. The van der Waals surface area contributed by atoms with E-state index in [1.807, 2.05) is 0 Å². The van der Waals surface area contributed by atoms with Crippen LogP contribution in [0.5, 0.6) is 11.5 Å². The summed E-state index contributed by atoms with van der Waals surface area (Å²) in [5, 5.41) is 1.22. The lowest BCUT2D eigenvalue weighted by Crippen LogP contribution is -2.61. The Balaban J connectivity index is 1.33. The Labute approximate surface area is 263 Å². The van der Waals surface area contributed by atoms with Gasteiger partial charge in [0.2, 0.25) is 0 Å². The maximum absolute atomic E-state index is 6.85. The molecular formula is C41H29BN2O. The monoisotopic (exact) mass is 576 g/mol. The minimum atomic E-state index is -0.395. The van der Waals surface area contributed by atoms with E-state index in [0.29, 0.717) is 0 Å². The zero-order chi connectivity index (χ0) is 29.7. The average Bonchev–Trinajstić information content (AvgIpc) is 3.65. The molecule has 3 nitrogen and oxygen atoms in total. The third kappa shape index (κ3) is 3.26. The summed E-state index contributed by atoms with van der Waals surface area (Å²) in [6.07, 6.45) is 2.18. The van der Waals surface area contributed by atoms with E-state index in [-0.39, 0.29) is 12.6 Å². The minimum Gasteiger partial charge on any atom is -0.458 e. The normalized spacial score (nSPS) is 18.7. The Hall–Kier alpha value is -5.48. The highest BCUT2D eigenvalue weighted by atomic mass is 16.5. The fourth-order valence-electron chi connectivity index (χ4n) is 8.57. The van der Waals surface area contributed by atoms with E-state index in [2.05, 4.69) is 168 Å². The van der Waals surface area contributed by atoms with Crippen molar-refractivity contribution in [1.82, 2.24) is 4.57 Å². The minimum absolute atomic E-state index is 0.0798. The highest BCUT2D eigenvalue weighted by Gasteiger charge is 2.56. The first-order valence-corrected chi connectivity index (χ1v) is 15.8. The molecule has 0 saturated carbocycles. The molecule has 45 heavy (non-hydrogen) atoms. The predicted molar refractivity (Wildman–Crippen MR) is 185 cm³/mol.